The largest absolute Gasteiger partial charge is 0.487 e. The topological polar surface area (TPSA) is 81.5 Å². The first-order chi connectivity index (χ1) is 12.2. The fourth-order valence-electron chi connectivity index (χ4n) is 3.14. The summed E-state index contributed by atoms with van der Waals surface area (Å²) in [7, 11) is 0. The third kappa shape index (κ3) is 3.65. The molecule has 0 unspecified atom stereocenters. The van der Waals surface area contributed by atoms with E-state index >= 15 is 0 Å². The number of benzene rings is 2. The number of carbonyl (C=O) groups excluding carboxylic acids is 1. The molecule has 0 aromatic heterocycles. The molecule has 1 aliphatic heterocycles. The second kappa shape index (κ2) is 6.61. The van der Waals surface area contributed by atoms with Crippen LogP contribution < -0.4 is 10.1 Å². The summed E-state index contributed by atoms with van der Waals surface area (Å²) in [5.41, 5.74) is 1.43. The summed E-state index contributed by atoms with van der Waals surface area (Å²) in [5, 5.41) is 14.0. The van der Waals surface area contributed by atoms with Crippen LogP contribution >= 0.6 is 11.6 Å². The molecule has 6 nitrogen and oxygen atoms in total. The molecule has 1 atom stereocenters. The number of halogens is 1. The average Bonchev–Trinajstić information content (AvgIpc) is 2.55. The number of ether oxygens (including phenoxy) is 1. The van der Waals surface area contributed by atoms with Gasteiger partial charge in [0, 0.05) is 23.6 Å². The number of hydrogen-bond donors (Lipinski definition) is 1. The van der Waals surface area contributed by atoms with Crippen molar-refractivity contribution in [1.82, 2.24) is 5.32 Å². The van der Waals surface area contributed by atoms with Gasteiger partial charge in [0.2, 0.25) is 0 Å². The highest BCUT2D eigenvalue weighted by Crippen LogP contribution is 2.40. The van der Waals surface area contributed by atoms with Crippen molar-refractivity contribution in [2.24, 2.45) is 0 Å². The van der Waals surface area contributed by atoms with Crippen molar-refractivity contribution in [3.8, 4) is 5.75 Å². The molecule has 0 fully saturated rings. The smallest absolute Gasteiger partial charge is 0.288 e. The number of nitrogens with zero attached hydrogens (tertiary/aromatic N) is 1. The van der Waals surface area contributed by atoms with Crippen molar-refractivity contribution in [1.29, 1.82) is 0 Å². The minimum Gasteiger partial charge on any atom is -0.487 e. The first kappa shape index (κ1) is 18.2. The number of nitro groups is 1. The Hall–Kier alpha value is -2.60. The van der Waals surface area contributed by atoms with Gasteiger partial charge in [-0.3, -0.25) is 14.9 Å². The third-order valence-electron chi connectivity index (χ3n) is 4.33. The summed E-state index contributed by atoms with van der Waals surface area (Å²) in [6.45, 7) is 5.89. The zero-order valence-corrected chi connectivity index (χ0v) is 15.5. The van der Waals surface area contributed by atoms with Crippen LogP contribution in [0.3, 0.4) is 0 Å². The lowest BCUT2D eigenvalue weighted by molar-refractivity contribution is -0.384. The van der Waals surface area contributed by atoms with Crippen LogP contribution in [-0.4, -0.2) is 16.4 Å². The maximum Gasteiger partial charge on any atom is 0.288 e. The van der Waals surface area contributed by atoms with Crippen molar-refractivity contribution in [3.63, 3.8) is 0 Å². The molecule has 136 valence electrons. The number of fused-ring (bicyclic) bond motifs is 1. The second-order valence-electron chi connectivity index (χ2n) is 7.06. The van der Waals surface area contributed by atoms with Gasteiger partial charge in [-0.05, 0) is 39.0 Å². The van der Waals surface area contributed by atoms with E-state index in [2.05, 4.69) is 5.32 Å². The Morgan fingerprint density at radius 3 is 2.73 bits per heavy atom. The Bertz CT molecular complexity index is 895. The molecule has 0 radical (unpaired) electrons. The predicted molar refractivity (Wildman–Crippen MR) is 98.8 cm³/mol. The Balaban J connectivity index is 1.91. The Morgan fingerprint density at radius 2 is 2.04 bits per heavy atom. The number of aryl methyl sites for hydroxylation is 1. The molecule has 0 spiro atoms. The van der Waals surface area contributed by atoms with Gasteiger partial charge in [-0.25, -0.2) is 0 Å². The Labute approximate surface area is 156 Å². The molecule has 1 N–H and O–H groups in total. The molecule has 2 aromatic carbocycles. The number of nitrogens with one attached hydrogen (secondary N) is 1. The van der Waals surface area contributed by atoms with E-state index in [1.807, 2.05) is 39.0 Å². The van der Waals surface area contributed by atoms with Crippen molar-refractivity contribution < 1.29 is 14.5 Å². The number of amides is 1. The minimum atomic E-state index is -0.602. The SMILES string of the molecule is Cc1ccc2c(c1)[C@@H](NC(=O)c1ccc(Cl)c([N+](=O)[O-])c1)CC(C)(C)O2. The Morgan fingerprint density at radius 1 is 1.31 bits per heavy atom. The van der Waals surface area contributed by atoms with Gasteiger partial charge in [-0.2, -0.15) is 0 Å². The molecule has 0 bridgehead atoms. The first-order valence-electron chi connectivity index (χ1n) is 8.21. The zero-order valence-electron chi connectivity index (χ0n) is 14.7. The molecule has 0 aliphatic carbocycles. The number of rotatable bonds is 3. The number of hydrogen-bond acceptors (Lipinski definition) is 4. The van der Waals surface area contributed by atoms with Crippen LogP contribution in [0.5, 0.6) is 5.75 Å². The van der Waals surface area contributed by atoms with Gasteiger partial charge in [0.1, 0.15) is 16.4 Å². The second-order valence-corrected chi connectivity index (χ2v) is 7.46. The maximum atomic E-state index is 12.7. The lowest BCUT2D eigenvalue weighted by atomic mass is 9.88. The summed E-state index contributed by atoms with van der Waals surface area (Å²) in [6.07, 6.45) is 0.588. The molecular formula is C19H19ClN2O4. The fourth-order valence-corrected chi connectivity index (χ4v) is 3.32. The van der Waals surface area contributed by atoms with Gasteiger partial charge < -0.3 is 10.1 Å². The van der Waals surface area contributed by atoms with Crippen molar-refractivity contribution in [2.45, 2.75) is 38.8 Å². The lowest BCUT2D eigenvalue weighted by Gasteiger charge is -2.38. The molecular weight excluding hydrogens is 356 g/mol. The number of nitro benzene ring substituents is 1. The summed E-state index contributed by atoms with van der Waals surface area (Å²) in [4.78, 5) is 23.1. The lowest BCUT2D eigenvalue weighted by Crippen LogP contribution is -2.41. The van der Waals surface area contributed by atoms with Gasteiger partial charge in [-0.15, -0.1) is 0 Å². The van der Waals surface area contributed by atoms with E-state index in [9.17, 15) is 14.9 Å². The molecule has 1 amide bonds. The summed E-state index contributed by atoms with van der Waals surface area (Å²) < 4.78 is 6.00. The van der Waals surface area contributed by atoms with Crippen LogP contribution in [0.2, 0.25) is 5.02 Å². The van der Waals surface area contributed by atoms with E-state index in [1.165, 1.54) is 18.2 Å². The highest BCUT2D eigenvalue weighted by Gasteiger charge is 2.34. The normalized spacial score (nSPS) is 17.8. The summed E-state index contributed by atoms with van der Waals surface area (Å²) >= 11 is 5.82. The molecule has 1 aliphatic rings. The standard InChI is InChI=1S/C19H19ClN2O4/c1-11-4-7-17-13(8-11)15(10-19(2,3)26-17)21-18(23)12-5-6-14(20)16(9-12)22(24)25/h4-9,15H,10H2,1-3H3,(H,21,23)/t15-/m0/s1. The first-order valence-corrected chi connectivity index (χ1v) is 8.58. The van der Waals surface area contributed by atoms with E-state index in [4.69, 9.17) is 16.3 Å². The van der Waals surface area contributed by atoms with Gasteiger partial charge in [0.05, 0.1) is 11.0 Å². The third-order valence-corrected chi connectivity index (χ3v) is 4.65. The molecule has 1 heterocycles. The van der Waals surface area contributed by atoms with Crippen LogP contribution in [0.25, 0.3) is 0 Å². The van der Waals surface area contributed by atoms with Crippen LogP contribution in [-0.2, 0) is 0 Å². The van der Waals surface area contributed by atoms with Crippen molar-refractivity contribution >= 4 is 23.2 Å². The summed E-state index contributed by atoms with van der Waals surface area (Å²) in [6, 6.07) is 9.63. The molecule has 26 heavy (non-hydrogen) atoms. The predicted octanol–water partition coefficient (Wildman–Crippen LogP) is 4.59. The van der Waals surface area contributed by atoms with Crippen LogP contribution in [0.1, 0.15) is 47.8 Å². The van der Waals surface area contributed by atoms with E-state index in [0.717, 1.165) is 16.9 Å². The van der Waals surface area contributed by atoms with Gasteiger partial charge in [-0.1, -0.05) is 29.3 Å². The number of carbonyl (C=O) groups is 1. The van der Waals surface area contributed by atoms with Crippen LogP contribution in [0.4, 0.5) is 5.69 Å². The van der Waals surface area contributed by atoms with E-state index < -0.39 is 10.5 Å². The molecule has 7 heteroatoms. The molecule has 2 aromatic rings. The van der Waals surface area contributed by atoms with E-state index in [0.29, 0.717) is 6.42 Å². The highest BCUT2D eigenvalue weighted by atomic mass is 35.5. The molecule has 0 saturated carbocycles. The van der Waals surface area contributed by atoms with Gasteiger partial charge in [0.15, 0.2) is 0 Å². The molecule has 3 rings (SSSR count). The monoisotopic (exact) mass is 374 g/mol. The average molecular weight is 375 g/mol. The Kier molecular flexibility index (Phi) is 4.63. The summed E-state index contributed by atoms with van der Waals surface area (Å²) in [5.74, 6) is 0.346. The maximum absolute atomic E-state index is 12.7. The molecule has 0 saturated heterocycles. The zero-order chi connectivity index (χ0) is 19.1. The minimum absolute atomic E-state index is 0.000259. The van der Waals surface area contributed by atoms with E-state index in [1.54, 1.807) is 0 Å². The fraction of sp³-hybridized carbons (Fsp3) is 0.316. The van der Waals surface area contributed by atoms with Crippen LogP contribution in [0, 0.1) is 17.0 Å². The van der Waals surface area contributed by atoms with E-state index in [-0.39, 0.29) is 28.2 Å². The highest BCUT2D eigenvalue weighted by molar-refractivity contribution is 6.32. The van der Waals surface area contributed by atoms with Gasteiger partial charge >= 0.3 is 0 Å². The van der Waals surface area contributed by atoms with Crippen LogP contribution in [0.15, 0.2) is 36.4 Å². The van der Waals surface area contributed by atoms with Crippen molar-refractivity contribution in [3.05, 3.63) is 68.2 Å². The van der Waals surface area contributed by atoms with Crippen molar-refractivity contribution in [2.75, 3.05) is 0 Å². The van der Waals surface area contributed by atoms with Gasteiger partial charge in [0.25, 0.3) is 11.6 Å². The quantitative estimate of drug-likeness (QED) is 0.629.